The van der Waals surface area contributed by atoms with Gasteiger partial charge in [-0.15, -0.1) is 0 Å². The minimum Gasteiger partial charge on any atom is -0.497 e. The monoisotopic (exact) mass is 289 g/mol. The van der Waals surface area contributed by atoms with Gasteiger partial charge in [-0.1, -0.05) is 0 Å². The molecule has 0 spiro atoms. The first kappa shape index (κ1) is 14.9. The number of aryl methyl sites for hydroxylation is 2. The van der Waals surface area contributed by atoms with Gasteiger partial charge in [0.05, 0.1) is 24.2 Å². The van der Waals surface area contributed by atoms with Gasteiger partial charge in [-0.3, -0.25) is 9.89 Å². The van der Waals surface area contributed by atoms with E-state index >= 15 is 0 Å². The molecule has 6 nitrogen and oxygen atoms in total. The van der Waals surface area contributed by atoms with Crippen LogP contribution in [0.2, 0.25) is 0 Å². The molecule has 2 aromatic rings. The molecule has 1 atom stereocenters. The first-order chi connectivity index (χ1) is 10.0. The van der Waals surface area contributed by atoms with Crippen LogP contribution in [-0.4, -0.2) is 29.3 Å². The average molecular weight is 289 g/mol. The number of rotatable bonds is 5. The van der Waals surface area contributed by atoms with Gasteiger partial charge >= 0.3 is 0 Å². The van der Waals surface area contributed by atoms with Crippen LogP contribution >= 0.6 is 0 Å². The quantitative estimate of drug-likeness (QED) is 0.886. The number of carbonyl (C=O) groups excluding carboxylic acids is 1. The maximum absolute atomic E-state index is 12.1. The van der Waals surface area contributed by atoms with Gasteiger partial charge in [0.15, 0.2) is 6.10 Å². The van der Waals surface area contributed by atoms with Gasteiger partial charge in [0, 0.05) is 0 Å². The molecule has 2 N–H and O–H groups in total. The van der Waals surface area contributed by atoms with Crippen molar-refractivity contribution in [3.8, 4) is 11.5 Å². The molecule has 1 amide bonds. The molecule has 0 bridgehead atoms. The number of hydrogen-bond donors (Lipinski definition) is 2. The lowest BCUT2D eigenvalue weighted by atomic mass is 10.3. The molecule has 0 saturated carbocycles. The van der Waals surface area contributed by atoms with Gasteiger partial charge < -0.3 is 14.8 Å². The molecular formula is C15H19N3O3. The Hall–Kier alpha value is -2.50. The zero-order valence-electron chi connectivity index (χ0n) is 12.6. The number of aromatic amines is 1. The molecule has 6 heteroatoms. The van der Waals surface area contributed by atoms with E-state index in [1.54, 1.807) is 38.3 Å². The molecule has 1 aromatic heterocycles. The third kappa shape index (κ3) is 3.53. The second-order valence-corrected chi connectivity index (χ2v) is 4.73. The Morgan fingerprint density at radius 3 is 2.38 bits per heavy atom. The van der Waals surface area contributed by atoms with Crippen LogP contribution in [0.5, 0.6) is 11.5 Å². The van der Waals surface area contributed by atoms with Crippen molar-refractivity contribution >= 4 is 11.6 Å². The van der Waals surface area contributed by atoms with Crippen LogP contribution in [0.4, 0.5) is 5.69 Å². The van der Waals surface area contributed by atoms with Crippen molar-refractivity contribution < 1.29 is 14.3 Å². The highest BCUT2D eigenvalue weighted by Crippen LogP contribution is 2.20. The molecule has 2 rings (SSSR count). The van der Waals surface area contributed by atoms with Crippen molar-refractivity contribution in [2.24, 2.45) is 0 Å². The van der Waals surface area contributed by atoms with Gasteiger partial charge in [0.2, 0.25) is 0 Å². The highest BCUT2D eigenvalue weighted by Gasteiger charge is 2.17. The van der Waals surface area contributed by atoms with Crippen molar-refractivity contribution in [1.82, 2.24) is 10.2 Å². The number of aromatic nitrogens is 2. The number of H-pyrrole nitrogens is 1. The van der Waals surface area contributed by atoms with Gasteiger partial charge in [-0.2, -0.15) is 5.10 Å². The number of anilines is 1. The minimum atomic E-state index is -0.618. The zero-order valence-corrected chi connectivity index (χ0v) is 12.6. The predicted octanol–water partition coefficient (Wildman–Crippen LogP) is 2.44. The summed E-state index contributed by atoms with van der Waals surface area (Å²) in [6.45, 7) is 5.38. The highest BCUT2D eigenvalue weighted by atomic mass is 16.5. The molecule has 112 valence electrons. The number of amides is 1. The van der Waals surface area contributed by atoms with Crippen LogP contribution in [-0.2, 0) is 4.79 Å². The smallest absolute Gasteiger partial charge is 0.265 e. The summed E-state index contributed by atoms with van der Waals surface area (Å²) in [6.07, 6.45) is -0.618. The van der Waals surface area contributed by atoms with Crippen molar-refractivity contribution in [2.75, 3.05) is 12.4 Å². The molecule has 0 radical (unpaired) electrons. The van der Waals surface area contributed by atoms with Gasteiger partial charge in [-0.25, -0.2) is 0 Å². The van der Waals surface area contributed by atoms with E-state index < -0.39 is 6.10 Å². The van der Waals surface area contributed by atoms with Crippen molar-refractivity contribution in [1.29, 1.82) is 0 Å². The normalized spacial score (nSPS) is 11.8. The third-order valence-corrected chi connectivity index (χ3v) is 3.12. The molecule has 21 heavy (non-hydrogen) atoms. The highest BCUT2D eigenvalue weighted by molar-refractivity contribution is 5.95. The summed E-state index contributed by atoms with van der Waals surface area (Å²) in [5, 5.41) is 9.68. The number of benzene rings is 1. The molecule has 0 aliphatic heterocycles. The van der Waals surface area contributed by atoms with E-state index in [-0.39, 0.29) is 5.91 Å². The lowest BCUT2D eigenvalue weighted by Gasteiger charge is -2.15. The summed E-state index contributed by atoms with van der Waals surface area (Å²) < 4.78 is 10.7. The van der Waals surface area contributed by atoms with Crippen LogP contribution in [0, 0.1) is 13.8 Å². The Morgan fingerprint density at radius 2 is 1.86 bits per heavy atom. The maximum Gasteiger partial charge on any atom is 0.265 e. The number of nitrogens with zero attached hydrogens (tertiary/aromatic N) is 1. The van der Waals surface area contributed by atoms with Gasteiger partial charge in [0.25, 0.3) is 5.91 Å². The van der Waals surface area contributed by atoms with Gasteiger partial charge in [0.1, 0.15) is 11.5 Å². The Balaban J connectivity index is 1.99. The molecule has 1 heterocycles. The number of methoxy groups -OCH3 is 1. The van der Waals surface area contributed by atoms with Crippen LogP contribution in [0.15, 0.2) is 24.3 Å². The maximum atomic E-state index is 12.1. The standard InChI is InChI=1S/C15H19N3O3/c1-9-14(10(2)18-17-9)16-15(19)11(3)21-13-7-5-12(20-4)6-8-13/h5-8,11H,1-4H3,(H,16,19)(H,17,18). The minimum absolute atomic E-state index is 0.224. The number of hydrogen-bond acceptors (Lipinski definition) is 4. The van der Waals surface area contributed by atoms with Crippen molar-refractivity contribution in [3.05, 3.63) is 35.7 Å². The lowest BCUT2D eigenvalue weighted by molar-refractivity contribution is -0.122. The average Bonchev–Trinajstić information content (AvgIpc) is 2.79. The summed E-state index contributed by atoms with van der Waals surface area (Å²) in [7, 11) is 1.60. The van der Waals surface area contributed by atoms with E-state index in [9.17, 15) is 4.79 Å². The molecule has 1 unspecified atom stereocenters. The summed E-state index contributed by atoms with van der Waals surface area (Å²) in [5.74, 6) is 1.13. The summed E-state index contributed by atoms with van der Waals surface area (Å²) >= 11 is 0. The Bertz CT molecular complexity index is 600. The van der Waals surface area contributed by atoms with E-state index in [1.807, 2.05) is 13.8 Å². The van der Waals surface area contributed by atoms with Crippen LogP contribution in [0.25, 0.3) is 0 Å². The molecule has 0 aliphatic carbocycles. The zero-order chi connectivity index (χ0) is 15.4. The van der Waals surface area contributed by atoms with Gasteiger partial charge in [-0.05, 0) is 45.0 Å². The van der Waals surface area contributed by atoms with E-state index in [4.69, 9.17) is 9.47 Å². The van der Waals surface area contributed by atoms with Crippen LogP contribution < -0.4 is 14.8 Å². The molecule has 1 aromatic carbocycles. The fraction of sp³-hybridized carbons (Fsp3) is 0.333. The summed E-state index contributed by atoms with van der Waals surface area (Å²) in [4.78, 5) is 12.1. The molecule has 0 fully saturated rings. The summed E-state index contributed by atoms with van der Waals surface area (Å²) in [6, 6.07) is 7.09. The van der Waals surface area contributed by atoms with Crippen LogP contribution in [0.3, 0.4) is 0 Å². The largest absolute Gasteiger partial charge is 0.497 e. The van der Waals surface area contributed by atoms with E-state index in [0.29, 0.717) is 11.4 Å². The Labute approximate surface area is 123 Å². The fourth-order valence-electron chi connectivity index (χ4n) is 1.87. The second kappa shape index (κ2) is 6.30. The second-order valence-electron chi connectivity index (χ2n) is 4.73. The van der Waals surface area contributed by atoms with E-state index in [2.05, 4.69) is 15.5 Å². The Morgan fingerprint density at radius 1 is 1.24 bits per heavy atom. The lowest BCUT2D eigenvalue weighted by Crippen LogP contribution is -2.30. The molecule has 0 aliphatic rings. The van der Waals surface area contributed by atoms with Crippen LogP contribution in [0.1, 0.15) is 18.3 Å². The first-order valence-corrected chi connectivity index (χ1v) is 6.64. The topological polar surface area (TPSA) is 76.2 Å². The van der Waals surface area contributed by atoms with Crippen molar-refractivity contribution in [3.63, 3.8) is 0 Å². The SMILES string of the molecule is COc1ccc(OC(C)C(=O)Nc2c(C)n[nH]c2C)cc1. The number of carbonyl (C=O) groups is 1. The number of nitrogens with one attached hydrogen (secondary N) is 2. The first-order valence-electron chi connectivity index (χ1n) is 6.64. The van der Waals surface area contributed by atoms with Crippen molar-refractivity contribution in [2.45, 2.75) is 26.9 Å². The third-order valence-electron chi connectivity index (χ3n) is 3.12. The predicted molar refractivity (Wildman–Crippen MR) is 79.8 cm³/mol. The number of ether oxygens (including phenoxy) is 2. The molecule has 0 saturated heterocycles. The fourth-order valence-corrected chi connectivity index (χ4v) is 1.87. The molecular weight excluding hydrogens is 270 g/mol. The Kier molecular flexibility index (Phi) is 4.47. The van der Waals surface area contributed by atoms with E-state index in [1.165, 1.54) is 0 Å². The summed E-state index contributed by atoms with van der Waals surface area (Å²) in [5.41, 5.74) is 2.26. The van der Waals surface area contributed by atoms with E-state index in [0.717, 1.165) is 17.1 Å².